The van der Waals surface area contributed by atoms with Gasteiger partial charge in [-0.05, 0) is 66.9 Å². The zero-order valence-electron chi connectivity index (χ0n) is 23.6. The third kappa shape index (κ3) is 3.00. The van der Waals surface area contributed by atoms with Crippen LogP contribution in [0.25, 0.3) is 49.7 Å². The normalized spacial score (nSPS) is 15.0. The minimum atomic E-state index is 0.0566. The van der Waals surface area contributed by atoms with Gasteiger partial charge in [0.25, 0.3) is 0 Å². The van der Waals surface area contributed by atoms with Gasteiger partial charge in [-0.2, -0.15) is 0 Å². The number of benzene rings is 6. The van der Waals surface area contributed by atoms with Gasteiger partial charge in [0.2, 0.25) is 0 Å². The van der Waals surface area contributed by atoms with E-state index in [-0.39, 0.29) is 6.17 Å². The van der Waals surface area contributed by atoms with Crippen molar-refractivity contribution in [2.45, 2.75) is 20.0 Å². The molecule has 0 N–H and O–H groups in total. The summed E-state index contributed by atoms with van der Waals surface area (Å²) in [7, 11) is 0. The van der Waals surface area contributed by atoms with Crippen molar-refractivity contribution in [1.82, 2.24) is 4.57 Å². The molecule has 0 saturated heterocycles. The number of fused-ring (bicyclic) bond motifs is 10. The predicted octanol–water partition coefficient (Wildman–Crippen LogP) is 10.4. The second-order valence-electron chi connectivity index (χ2n) is 11.4. The van der Waals surface area contributed by atoms with Gasteiger partial charge in [-0.3, -0.25) is 0 Å². The van der Waals surface area contributed by atoms with Crippen molar-refractivity contribution in [2.24, 2.45) is 0 Å². The van der Waals surface area contributed by atoms with Crippen LogP contribution < -0.4 is 9.80 Å². The molecule has 7 aromatic rings. The van der Waals surface area contributed by atoms with Gasteiger partial charge < -0.3 is 14.4 Å². The Labute approximate surface area is 245 Å². The smallest absolute Gasteiger partial charge is 0.108 e. The monoisotopic (exact) mass is 539 g/mol. The summed E-state index contributed by atoms with van der Waals surface area (Å²) >= 11 is 0. The third-order valence-electron chi connectivity index (χ3n) is 9.23. The highest BCUT2D eigenvalue weighted by Crippen LogP contribution is 2.56. The molecule has 2 aliphatic rings. The largest absolute Gasteiger partial charge is 0.318 e. The van der Waals surface area contributed by atoms with Crippen LogP contribution in [0.5, 0.6) is 0 Å². The summed E-state index contributed by atoms with van der Waals surface area (Å²) < 4.78 is 2.52. The van der Waals surface area contributed by atoms with Crippen molar-refractivity contribution in [1.29, 1.82) is 0 Å². The quantitative estimate of drug-likeness (QED) is 0.206. The van der Waals surface area contributed by atoms with E-state index in [0.717, 1.165) is 0 Å². The second kappa shape index (κ2) is 8.61. The molecule has 0 spiro atoms. The van der Waals surface area contributed by atoms with Gasteiger partial charge in [0.05, 0.1) is 33.8 Å². The molecule has 1 aromatic heterocycles. The zero-order chi connectivity index (χ0) is 27.9. The molecule has 0 fully saturated rings. The van der Waals surface area contributed by atoms with E-state index < -0.39 is 0 Å². The first-order chi connectivity index (χ1) is 20.7. The topological polar surface area (TPSA) is 11.4 Å². The van der Waals surface area contributed by atoms with Gasteiger partial charge in [-0.25, -0.2) is 0 Å². The van der Waals surface area contributed by atoms with Crippen molar-refractivity contribution in [3.8, 4) is 27.9 Å². The molecule has 0 unspecified atom stereocenters. The van der Waals surface area contributed by atoms with E-state index in [2.05, 4.69) is 162 Å². The number of nitrogens with zero attached hydrogens (tertiary/aromatic N) is 3. The van der Waals surface area contributed by atoms with Gasteiger partial charge in [0.1, 0.15) is 6.17 Å². The van der Waals surface area contributed by atoms with E-state index in [0.29, 0.717) is 0 Å². The number of aryl methyl sites for hydroxylation is 1. The van der Waals surface area contributed by atoms with Crippen LogP contribution in [-0.2, 0) is 0 Å². The summed E-state index contributed by atoms with van der Waals surface area (Å²) in [5, 5.41) is 2.54. The van der Waals surface area contributed by atoms with Crippen molar-refractivity contribution in [3.63, 3.8) is 0 Å². The summed E-state index contributed by atoms with van der Waals surface area (Å²) in [6, 6.07) is 49.0. The van der Waals surface area contributed by atoms with Gasteiger partial charge >= 0.3 is 0 Å². The van der Waals surface area contributed by atoms with Crippen molar-refractivity contribution >= 4 is 44.6 Å². The van der Waals surface area contributed by atoms with Crippen LogP contribution in [-0.4, -0.2) is 10.7 Å². The van der Waals surface area contributed by atoms with Crippen LogP contribution >= 0.6 is 0 Å². The second-order valence-corrected chi connectivity index (χ2v) is 11.4. The van der Waals surface area contributed by atoms with E-state index in [1.54, 1.807) is 0 Å². The predicted molar refractivity (Wildman–Crippen MR) is 177 cm³/mol. The molecule has 2 aliphatic heterocycles. The van der Waals surface area contributed by atoms with Gasteiger partial charge in [0.15, 0.2) is 0 Å². The van der Waals surface area contributed by atoms with Crippen LogP contribution in [0.15, 0.2) is 133 Å². The highest BCUT2D eigenvalue weighted by Gasteiger charge is 2.40. The van der Waals surface area contributed by atoms with Crippen LogP contribution in [0.4, 0.5) is 22.7 Å². The fraction of sp³-hybridized carbons (Fsp3) is 0.0769. The molecule has 0 aliphatic carbocycles. The minimum absolute atomic E-state index is 0.0566. The van der Waals surface area contributed by atoms with E-state index in [1.807, 2.05) is 0 Å². The molecular formula is C39H29N3. The number of anilines is 4. The fourth-order valence-corrected chi connectivity index (χ4v) is 7.46. The Morgan fingerprint density at radius 2 is 1.02 bits per heavy atom. The maximum absolute atomic E-state index is 2.58. The molecule has 42 heavy (non-hydrogen) atoms. The first-order valence-corrected chi connectivity index (χ1v) is 14.7. The molecule has 0 radical (unpaired) electrons. The SMILES string of the molecule is Cc1ccccc1N1c2ccc3c4ccccc4n4c3c2N(c2ccccc2-c2ccccc2-c2ccccc2-4)[C@@H]1C. The average molecular weight is 540 g/mol. The summed E-state index contributed by atoms with van der Waals surface area (Å²) in [4.78, 5) is 5.11. The Morgan fingerprint density at radius 1 is 0.452 bits per heavy atom. The zero-order valence-corrected chi connectivity index (χ0v) is 23.6. The molecule has 200 valence electrons. The highest BCUT2D eigenvalue weighted by atomic mass is 15.4. The van der Waals surface area contributed by atoms with Crippen LogP contribution in [0.1, 0.15) is 12.5 Å². The maximum atomic E-state index is 2.58. The van der Waals surface area contributed by atoms with Crippen molar-refractivity contribution in [2.75, 3.05) is 9.80 Å². The Bertz CT molecular complexity index is 2200. The summed E-state index contributed by atoms with van der Waals surface area (Å²) in [5.74, 6) is 0. The van der Waals surface area contributed by atoms with E-state index >= 15 is 0 Å². The summed E-state index contributed by atoms with van der Waals surface area (Å²) in [6.07, 6.45) is 0.0566. The van der Waals surface area contributed by atoms with Crippen molar-refractivity contribution < 1.29 is 0 Å². The molecular weight excluding hydrogens is 510 g/mol. The number of hydrogen-bond donors (Lipinski definition) is 0. The van der Waals surface area contributed by atoms with Crippen LogP contribution in [0, 0.1) is 6.92 Å². The Hall–Kier alpha value is -5.28. The molecule has 6 aromatic carbocycles. The Kier molecular flexibility index (Phi) is 4.80. The molecule has 0 saturated carbocycles. The number of para-hydroxylation sites is 4. The lowest BCUT2D eigenvalue weighted by Crippen LogP contribution is -2.36. The lowest BCUT2D eigenvalue weighted by atomic mass is 9.91. The first kappa shape index (κ1) is 23.4. The van der Waals surface area contributed by atoms with E-state index in [1.165, 1.54) is 78.1 Å². The Balaban J connectivity index is 1.54. The van der Waals surface area contributed by atoms with Crippen molar-refractivity contribution in [3.05, 3.63) is 139 Å². The summed E-state index contributed by atoms with van der Waals surface area (Å²) in [5.41, 5.74) is 14.9. The lowest BCUT2D eigenvalue weighted by Gasteiger charge is -2.33. The lowest BCUT2D eigenvalue weighted by molar-refractivity contribution is 0.760. The fourth-order valence-electron chi connectivity index (χ4n) is 7.46. The minimum Gasteiger partial charge on any atom is -0.318 e. The molecule has 9 rings (SSSR count). The molecule has 0 bridgehead atoms. The third-order valence-corrected chi connectivity index (χ3v) is 9.23. The van der Waals surface area contributed by atoms with Gasteiger partial charge in [0, 0.05) is 27.6 Å². The molecule has 0 amide bonds. The average Bonchev–Trinajstić information content (AvgIpc) is 3.52. The maximum Gasteiger partial charge on any atom is 0.108 e. The standard InChI is InChI=1S/C39H29N3/c1-25-13-3-9-19-33(25)40-26(2)41-34-20-10-6-16-29(34)27-14-4-5-15-28(27)30-17-7-11-21-35(30)42-36-22-12-8-18-31(36)32-23-24-37(40)39(41)38(32)42/h3-24,26H,1-2H3/t26-/m1/s1. The number of aromatic nitrogens is 1. The molecule has 3 heteroatoms. The van der Waals surface area contributed by atoms with Gasteiger partial charge in [-0.1, -0.05) is 97.1 Å². The Morgan fingerprint density at radius 3 is 1.76 bits per heavy atom. The number of rotatable bonds is 1. The van der Waals surface area contributed by atoms with E-state index in [9.17, 15) is 0 Å². The number of hydrogen-bond acceptors (Lipinski definition) is 2. The first-order valence-electron chi connectivity index (χ1n) is 14.7. The summed E-state index contributed by atoms with van der Waals surface area (Å²) in [6.45, 7) is 4.56. The van der Waals surface area contributed by atoms with Crippen LogP contribution in [0.2, 0.25) is 0 Å². The highest BCUT2D eigenvalue weighted by molar-refractivity contribution is 6.18. The molecule has 3 heterocycles. The van der Waals surface area contributed by atoms with Gasteiger partial charge in [-0.15, -0.1) is 0 Å². The van der Waals surface area contributed by atoms with Crippen LogP contribution in [0.3, 0.4) is 0 Å². The molecule has 1 atom stereocenters. The molecule has 3 nitrogen and oxygen atoms in total. The van der Waals surface area contributed by atoms with E-state index in [4.69, 9.17) is 0 Å².